The third-order valence-electron chi connectivity index (χ3n) is 5.12. The lowest BCUT2D eigenvalue weighted by molar-refractivity contribution is -0.538. The molecule has 4 nitrogen and oxygen atoms in total. The van der Waals surface area contributed by atoms with Gasteiger partial charge in [0, 0.05) is 12.0 Å². The van der Waals surface area contributed by atoms with Crippen LogP contribution in [0.4, 0.5) is 10.1 Å². The number of ether oxygens (including phenoxy) is 1. The SMILES string of the molecule is Br.COc1ccc(N2C3=[N+](CCCC3)CC2(O)c2ccc(F)cc2)cc1. The Morgan fingerprint density at radius 1 is 1.08 bits per heavy atom. The average Bonchev–Trinajstić information content (AvgIpc) is 2.95. The van der Waals surface area contributed by atoms with E-state index >= 15 is 0 Å². The first-order chi connectivity index (χ1) is 12.1. The molecular formula is C20H23BrFN2O2+. The first kappa shape index (κ1) is 18.9. The molecule has 26 heavy (non-hydrogen) atoms. The van der Waals surface area contributed by atoms with Crippen LogP contribution in [0.2, 0.25) is 0 Å². The van der Waals surface area contributed by atoms with Crippen molar-refractivity contribution in [3.8, 4) is 5.75 Å². The summed E-state index contributed by atoms with van der Waals surface area (Å²) in [7, 11) is 1.64. The molecule has 0 bridgehead atoms. The van der Waals surface area contributed by atoms with Crippen molar-refractivity contribution in [2.45, 2.75) is 25.0 Å². The molecule has 0 aromatic heterocycles. The van der Waals surface area contributed by atoms with Crippen LogP contribution in [0.3, 0.4) is 0 Å². The van der Waals surface area contributed by atoms with Crippen molar-refractivity contribution in [3.63, 3.8) is 0 Å². The third kappa shape index (κ3) is 3.12. The van der Waals surface area contributed by atoms with E-state index in [1.165, 1.54) is 12.1 Å². The van der Waals surface area contributed by atoms with Crippen LogP contribution in [-0.2, 0) is 5.72 Å². The number of aliphatic hydroxyl groups is 1. The first-order valence-corrected chi connectivity index (χ1v) is 8.65. The molecule has 0 saturated carbocycles. The maximum absolute atomic E-state index is 13.4. The number of anilines is 1. The highest BCUT2D eigenvalue weighted by atomic mass is 79.9. The molecule has 2 aliphatic rings. The number of halogens is 2. The molecule has 2 heterocycles. The van der Waals surface area contributed by atoms with Crippen molar-refractivity contribution in [1.82, 2.24) is 0 Å². The summed E-state index contributed by atoms with van der Waals surface area (Å²) >= 11 is 0. The average molecular weight is 422 g/mol. The van der Waals surface area contributed by atoms with E-state index in [-0.39, 0.29) is 22.8 Å². The molecule has 0 fully saturated rings. The summed E-state index contributed by atoms with van der Waals surface area (Å²) in [5.74, 6) is 1.61. The summed E-state index contributed by atoms with van der Waals surface area (Å²) in [4.78, 5) is 2.00. The number of nitrogens with zero attached hydrogens (tertiary/aromatic N) is 2. The summed E-state index contributed by atoms with van der Waals surface area (Å²) in [6, 6.07) is 13.9. The van der Waals surface area contributed by atoms with Gasteiger partial charge in [-0.25, -0.2) is 4.39 Å². The largest absolute Gasteiger partial charge is 0.497 e. The van der Waals surface area contributed by atoms with Gasteiger partial charge in [0.2, 0.25) is 0 Å². The molecule has 0 saturated heterocycles. The molecule has 1 atom stereocenters. The van der Waals surface area contributed by atoms with E-state index in [2.05, 4.69) is 4.58 Å². The zero-order valence-electron chi connectivity index (χ0n) is 14.7. The van der Waals surface area contributed by atoms with Crippen LogP contribution in [0, 0.1) is 5.82 Å². The second-order valence-corrected chi connectivity index (χ2v) is 6.65. The number of benzene rings is 2. The molecule has 4 rings (SSSR count). The van der Waals surface area contributed by atoms with Crippen LogP contribution >= 0.6 is 17.0 Å². The standard InChI is InChI=1S/C20H22FN2O2.BrH/c1-25-18-11-9-17(10-12-18)23-19-4-2-3-13-22(19)14-20(23,24)15-5-7-16(21)8-6-15;/h5-12,24H,2-4,13-14H2,1H3;1H/q+1;. The van der Waals surface area contributed by atoms with Gasteiger partial charge in [-0.05, 0) is 61.4 Å². The molecule has 0 radical (unpaired) electrons. The van der Waals surface area contributed by atoms with Gasteiger partial charge in [0.1, 0.15) is 17.3 Å². The topological polar surface area (TPSA) is 35.7 Å². The minimum absolute atomic E-state index is 0. The minimum Gasteiger partial charge on any atom is -0.497 e. The number of hydrogen-bond donors (Lipinski definition) is 1. The molecule has 1 unspecified atom stereocenters. The zero-order chi connectivity index (χ0) is 17.4. The summed E-state index contributed by atoms with van der Waals surface area (Å²) in [6.45, 7) is 1.42. The van der Waals surface area contributed by atoms with E-state index in [4.69, 9.17) is 4.74 Å². The fourth-order valence-electron chi connectivity index (χ4n) is 3.88. The predicted molar refractivity (Wildman–Crippen MR) is 105 cm³/mol. The zero-order valence-corrected chi connectivity index (χ0v) is 16.4. The Kier molecular flexibility index (Phi) is 5.34. The molecular weight excluding hydrogens is 399 g/mol. The van der Waals surface area contributed by atoms with E-state index in [1.54, 1.807) is 19.2 Å². The first-order valence-electron chi connectivity index (χ1n) is 8.65. The molecule has 138 valence electrons. The van der Waals surface area contributed by atoms with Crippen molar-refractivity contribution in [1.29, 1.82) is 0 Å². The summed E-state index contributed by atoms with van der Waals surface area (Å²) in [6.07, 6.45) is 3.16. The highest BCUT2D eigenvalue weighted by Crippen LogP contribution is 2.38. The van der Waals surface area contributed by atoms with Crippen molar-refractivity contribution in [2.24, 2.45) is 0 Å². The van der Waals surface area contributed by atoms with Crippen molar-refractivity contribution in [3.05, 3.63) is 59.9 Å². The molecule has 0 aliphatic carbocycles. The van der Waals surface area contributed by atoms with Gasteiger partial charge in [-0.3, -0.25) is 4.58 Å². The van der Waals surface area contributed by atoms with Gasteiger partial charge >= 0.3 is 0 Å². The van der Waals surface area contributed by atoms with Crippen LogP contribution in [0.25, 0.3) is 0 Å². The van der Waals surface area contributed by atoms with E-state index in [1.807, 2.05) is 29.2 Å². The predicted octanol–water partition coefficient (Wildman–Crippen LogP) is 3.67. The Morgan fingerprint density at radius 3 is 2.42 bits per heavy atom. The Morgan fingerprint density at radius 2 is 1.77 bits per heavy atom. The third-order valence-corrected chi connectivity index (χ3v) is 5.12. The quantitative estimate of drug-likeness (QED) is 0.767. The van der Waals surface area contributed by atoms with E-state index < -0.39 is 5.72 Å². The molecule has 2 aromatic rings. The van der Waals surface area contributed by atoms with Gasteiger partial charge in [-0.1, -0.05) is 0 Å². The molecule has 0 spiro atoms. The van der Waals surface area contributed by atoms with Crippen LogP contribution in [0.15, 0.2) is 48.5 Å². The van der Waals surface area contributed by atoms with Gasteiger partial charge in [-0.15, -0.1) is 17.0 Å². The lowest BCUT2D eigenvalue weighted by Crippen LogP contribution is -2.47. The molecule has 2 aliphatic heterocycles. The number of hydrogen-bond acceptors (Lipinski definition) is 3. The Labute approximate surface area is 163 Å². The fraction of sp³-hybridized carbons (Fsp3) is 0.350. The highest BCUT2D eigenvalue weighted by molar-refractivity contribution is 8.93. The summed E-state index contributed by atoms with van der Waals surface area (Å²) < 4.78 is 20.9. The molecule has 6 heteroatoms. The maximum atomic E-state index is 13.4. The van der Waals surface area contributed by atoms with E-state index in [9.17, 15) is 9.50 Å². The van der Waals surface area contributed by atoms with Crippen LogP contribution in [0.5, 0.6) is 5.75 Å². The Balaban J connectivity index is 0.00000196. The van der Waals surface area contributed by atoms with Gasteiger partial charge in [0.05, 0.1) is 13.7 Å². The van der Waals surface area contributed by atoms with Gasteiger partial charge in [-0.2, -0.15) is 4.90 Å². The molecule has 1 N–H and O–H groups in total. The number of methoxy groups -OCH3 is 1. The van der Waals surface area contributed by atoms with Crippen LogP contribution < -0.4 is 9.64 Å². The lowest BCUT2D eigenvalue weighted by Gasteiger charge is -2.29. The second-order valence-electron chi connectivity index (χ2n) is 6.65. The maximum Gasteiger partial charge on any atom is 0.275 e. The molecule has 2 aromatic carbocycles. The normalized spacial score (nSPS) is 22.0. The molecule has 0 amide bonds. The lowest BCUT2D eigenvalue weighted by atomic mass is 10.0. The van der Waals surface area contributed by atoms with Gasteiger partial charge in [0.25, 0.3) is 11.6 Å². The fourth-order valence-corrected chi connectivity index (χ4v) is 3.88. The van der Waals surface area contributed by atoms with Crippen LogP contribution in [0.1, 0.15) is 24.8 Å². The smallest absolute Gasteiger partial charge is 0.275 e. The van der Waals surface area contributed by atoms with Gasteiger partial charge < -0.3 is 9.84 Å². The minimum atomic E-state index is -1.21. The van der Waals surface area contributed by atoms with Crippen LogP contribution in [-0.4, -0.2) is 35.7 Å². The van der Waals surface area contributed by atoms with Crippen molar-refractivity contribution < 1.29 is 18.8 Å². The van der Waals surface area contributed by atoms with Crippen molar-refractivity contribution in [2.75, 3.05) is 25.1 Å². The van der Waals surface area contributed by atoms with E-state index in [0.717, 1.165) is 43.1 Å². The van der Waals surface area contributed by atoms with Gasteiger partial charge in [0.15, 0.2) is 6.54 Å². The van der Waals surface area contributed by atoms with Crippen molar-refractivity contribution >= 4 is 28.5 Å². The second kappa shape index (κ2) is 7.37. The summed E-state index contributed by atoms with van der Waals surface area (Å²) in [5.41, 5.74) is 0.403. The Bertz CT molecular complexity index is 808. The number of amidine groups is 1. The monoisotopic (exact) mass is 421 g/mol. The summed E-state index contributed by atoms with van der Waals surface area (Å²) in [5, 5.41) is 11.6. The number of rotatable bonds is 3. The van der Waals surface area contributed by atoms with E-state index in [0.29, 0.717) is 12.1 Å². The Hall–Kier alpha value is -1.92. The highest BCUT2D eigenvalue weighted by Gasteiger charge is 2.54.